The van der Waals surface area contributed by atoms with Crippen LogP contribution in [0.15, 0.2) is 0 Å². The van der Waals surface area contributed by atoms with Gasteiger partial charge in [-0.05, 0) is 8.17 Å². The Morgan fingerprint density at radius 1 is 0.706 bits per heavy atom. The first kappa shape index (κ1) is 24.4. The van der Waals surface area contributed by atoms with Crippen LogP contribution in [-0.2, 0) is 0 Å². The van der Waals surface area contributed by atoms with E-state index in [9.17, 15) is 0 Å². The smallest absolute Gasteiger partial charge is 0.336 e. The molecule has 0 fully saturated rings. The zero-order valence-electron chi connectivity index (χ0n) is 8.82. The summed E-state index contributed by atoms with van der Waals surface area (Å²) in [6.07, 6.45) is 0. The SMILES string of the molecule is NC(N)=[NH2+].NC(N)=[NH2+].NC(N)=[NH2+].[O-][P+]([O-])([O-])O. The Morgan fingerprint density at radius 2 is 0.706 bits per heavy atom. The summed E-state index contributed by atoms with van der Waals surface area (Å²) >= 11 is 0. The molecule has 0 saturated carbocycles. The molecule has 0 saturated heterocycles. The van der Waals surface area contributed by atoms with Gasteiger partial charge in [-0.3, -0.25) is 55.5 Å². The van der Waals surface area contributed by atoms with Gasteiger partial charge in [-0.25, -0.2) is 0 Å². The van der Waals surface area contributed by atoms with Crippen molar-refractivity contribution < 1.29 is 35.8 Å². The minimum atomic E-state index is -5.14. The summed E-state index contributed by atoms with van der Waals surface area (Å²) in [5, 5.41) is 13.8. The maximum Gasteiger partial charge on any atom is 0.336 e. The highest BCUT2D eigenvalue weighted by Gasteiger charge is 1.74. The molecule has 0 aliphatic carbocycles. The van der Waals surface area contributed by atoms with Crippen LogP contribution in [-0.4, -0.2) is 22.8 Å². The first-order valence-corrected chi connectivity index (χ1v) is 4.84. The monoisotopic (exact) mass is 276 g/mol. The van der Waals surface area contributed by atoms with Crippen molar-refractivity contribution in [1.82, 2.24) is 0 Å². The van der Waals surface area contributed by atoms with E-state index in [1.165, 1.54) is 0 Å². The van der Waals surface area contributed by atoms with Crippen molar-refractivity contribution in [1.29, 1.82) is 0 Å². The topological polar surface area (TPSA) is 322 Å². The van der Waals surface area contributed by atoms with Gasteiger partial charge in [0.25, 0.3) is 0 Å². The Kier molecular flexibility index (Phi) is 20.2. The summed E-state index contributed by atoms with van der Waals surface area (Å²) < 4.78 is 0. The van der Waals surface area contributed by atoms with E-state index in [1.807, 2.05) is 0 Å². The average molecular weight is 276 g/mol. The first-order chi connectivity index (χ1) is 7.20. The van der Waals surface area contributed by atoms with Gasteiger partial charge in [-0.1, -0.05) is 0 Å². The fourth-order valence-corrected chi connectivity index (χ4v) is 0. The first-order valence-electron chi connectivity index (χ1n) is 3.35. The van der Waals surface area contributed by atoms with Crippen LogP contribution in [0.5, 0.6) is 0 Å². The molecule has 0 spiro atoms. The van der Waals surface area contributed by atoms with Crippen LogP contribution in [0.25, 0.3) is 0 Å². The molecular weight excluding hydrogens is 257 g/mol. The molecule has 0 aliphatic heterocycles. The summed E-state index contributed by atoms with van der Waals surface area (Å²) in [5.41, 5.74) is 27.5. The molecule has 0 amide bonds. The molecule has 13 nitrogen and oxygen atoms in total. The lowest BCUT2D eigenvalue weighted by Gasteiger charge is -2.31. The van der Waals surface area contributed by atoms with E-state index in [-0.39, 0.29) is 17.9 Å². The Labute approximate surface area is 97.2 Å². The summed E-state index contributed by atoms with van der Waals surface area (Å²) in [6, 6.07) is 0. The van der Waals surface area contributed by atoms with E-state index in [4.69, 9.17) is 19.6 Å². The number of hydrogen-bond acceptors (Lipinski definition) is 4. The van der Waals surface area contributed by atoms with Gasteiger partial charge < -0.3 is 14.7 Å². The van der Waals surface area contributed by atoms with Crippen molar-refractivity contribution in [2.45, 2.75) is 0 Å². The third kappa shape index (κ3) is 557. The molecule has 0 heterocycles. The molecule has 0 aliphatic rings. The molecular formula is C3H19N9O4P+. The predicted octanol–water partition coefficient (Wildman–Crippen LogP) is -12.2. The molecule has 19 N–H and O–H groups in total. The molecule has 0 aromatic heterocycles. The molecule has 0 atom stereocenters. The third-order valence-electron chi connectivity index (χ3n) is 0. The molecule has 104 valence electrons. The van der Waals surface area contributed by atoms with Gasteiger partial charge in [0.1, 0.15) is 0 Å². The van der Waals surface area contributed by atoms with Crippen molar-refractivity contribution >= 4 is 26.0 Å². The van der Waals surface area contributed by atoms with Crippen molar-refractivity contribution in [3.05, 3.63) is 0 Å². The number of rotatable bonds is 0. The number of hydrogen-bond donors (Lipinski definition) is 10. The van der Waals surface area contributed by atoms with Crippen LogP contribution in [0, 0.1) is 0 Å². The van der Waals surface area contributed by atoms with Crippen molar-refractivity contribution in [3.63, 3.8) is 0 Å². The maximum absolute atomic E-state index is 8.66. The van der Waals surface area contributed by atoms with E-state index in [0.29, 0.717) is 0 Å². The molecule has 0 rings (SSSR count). The van der Waals surface area contributed by atoms with Crippen molar-refractivity contribution in [2.75, 3.05) is 0 Å². The van der Waals surface area contributed by atoms with Gasteiger partial charge in [0.05, 0.1) is 0 Å². The van der Waals surface area contributed by atoms with Crippen LogP contribution in [0.2, 0.25) is 0 Å². The summed E-state index contributed by atoms with van der Waals surface area (Å²) in [4.78, 5) is 32.9. The second kappa shape index (κ2) is 14.1. The van der Waals surface area contributed by atoms with E-state index in [0.717, 1.165) is 0 Å². The van der Waals surface area contributed by atoms with Crippen molar-refractivity contribution in [3.8, 4) is 0 Å². The molecule has 0 radical (unpaired) electrons. The lowest BCUT2D eigenvalue weighted by atomic mass is 11.1. The van der Waals surface area contributed by atoms with Gasteiger partial charge in [0.2, 0.25) is 0 Å². The van der Waals surface area contributed by atoms with Crippen LogP contribution in [0.1, 0.15) is 0 Å². The largest absolute Gasteiger partial charge is 0.663 e. The Balaban J connectivity index is -0.0000000667. The molecule has 0 aromatic rings. The third-order valence-corrected chi connectivity index (χ3v) is 0. The van der Waals surface area contributed by atoms with Gasteiger partial charge in [0.15, 0.2) is 0 Å². The zero-order valence-corrected chi connectivity index (χ0v) is 9.71. The van der Waals surface area contributed by atoms with Crippen LogP contribution < -0.4 is 65.3 Å². The van der Waals surface area contributed by atoms with E-state index < -0.39 is 8.17 Å². The minimum Gasteiger partial charge on any atom is -0.663 e. The lowest BCUT2D eigenvalue weighted by Crippen LogP contribution is -2.51. The highest BCUT2D eigenvalue weighted by molar-refractivity contribution is 7.47. The Hall–Kier alpha value is -1.92. The Bertz CT molecular complexity index is 180. The quantitative estimate of drug-likeness (QED) is 0.113. The van der Waals surface area contributed by atoms with Crippen molar-refractivity contribution in [2.24, 2.45) is 34.4 Å². The van der Waals surface area contributed by atoms with Crippen LogP contribution >= 0.6 is 8.17 Å². The summed E-state index contributed by atoms with van der Waals surface area (Å²) in [7, 11) is -5.14. The molecule has 14 heteroatoms. The number of guanidine groups is 3. The van der Waals surface area contributed by atoms with E-state index in [2.05, 4.69) is 50.6 Å². The lowest BCUT2D eigenvalue weighted by molar-refractivity contribution is -0.453. The predicted molar refractivity (Wildman–Crippen MR) is 55.1 cm³/mol. The van der Waals surface area contributed by atoms with E-state index >= 15 is 0 Å². The van der Waals surface area contributed by atoms with Gasteiger partial charge in [-0.2, -0.15) is 0 Å². The van der Waals surface area contributed by atoms with Gasteiger partial charge in [0, 0.05) is 0 Å². The maximum atomic E-state index is 8.66. The van der Waals surface area contributed by atoms with Crippen LogP contribution in [0.3, 0.4) is 0 Å². The number of phosphoric acid groups is 1. The van der Waals surface area contributed by atoms with Gasteiger partial charge in [-0.15, -0.1) is 0 Å². The second-order valence-corrected chi connectivity index (χ2v) is 2.91. The minimum absolute atomic E-state index is 0.0833. The zero-order chi connectivity index (χ0) is 15.2. The van der Waals surface area contributed by atoms with Gasteiger partial charge >= 0.3 is 17.9 Å². The highest BCUT2D eigenvalue weighted by Crippen LogP contribution is 2.16. The summed E-state index contributed by atoms with van der Waals surface area (Å²) in [6.45, 7) is 0. The molecule has 0 aromatic carbocycles. The molecule has 0 unspecified atom stereocenters. The fraction of sp³-hybridized carbons (Fsp3) is 0. The normalized spacial score (nSPS) is 7.76. The van der Waals surface area contributed by atoms with Crippen LogP contribution in [0.4, 0.5) is 0 Å². The highest BCUT2D eigenvalue weighted by atomic mass is 31.2. The second-order valence-electron chi connectivity index (χ2n) is 1.97. The fourth-order valence-electron chi connectivity index (χ4n) is 0. The standard InChI is InChI=1S/3CH5N3.H3O4P/c3*2-1(3)4;1-5(2,3)4/h3*(H5,2,3,4);(H3,1,2,3,4)/p+1. The average Bonchev–Trinajstić information content (AvgIpc) is 1.73. The Morgan fingerprint density at radius 3 is 0.706 bits per heavy atom. The number of nitrogens with two attached hydrogens (primary N) is 9. The summed E-state index contributed by atoms with van der Waals surface area (Å²) in [5.74, 6) is -0.250. The molecule has 17 heavy (non-hydrogen) atoms. The molecule has 0 bridgehead atoms. The van der Waals surface area contributed by atoms with E-state index in [1.54, 1.807) is 0 Å².